The molecular weight excluding hydrogens is 244 g/mol. The summed E-state index contributed by atoms with van der Waals surface area (Å²) in [7, 11) is 0. The first-order valence-corrected chi connectivity index (χ1v) is 6.19. The van der Waals surface area contributed by atoms with Crippen LogP contribution in [0.3, 0.4) is 0 Å². The van der Waals surface area contributed by atoms with Gasteiger partial charge in [-0.2, -0.15) is 0 Å². The van der Waals surface area contributed by atoms with Crippen molar-refractivity contribution in [1.82, 2.24) is 4.90 Å². The van der Waals surface area contributed by atoms with E-state index in [9.17, 15) is 9.59 Å². The third-order valence-electron chi connectivity index (χ3n) is 3.35. The first-order chi connectivity index (χ1) is 8.99. The van der Waals surface area contributed by atoms with Crippen LogP contribution in [0.2, 0.25) is 0 Å². The summed E-state index contributed by atoms with van der Waals surface area (Å²) >= 11 is 0. The van der Waals surface area contributed by atoms with Crippen LogP contribution in [0.25, 0.3) is 0 Å². The van der Waals surface area contributed by atoms with Gasteiger partial charge in [-0.3, -0.25) is 9.59 Å². The van der Waals surface area contributed by atoms with Gasteiger partial charge in [0.1, 0.15) is 0 Å². The molecule has 0 atom stereocenters. The fourth-order valence-electron chi connectivity index (χ4n) is 2.29. The van der Waals surface area contributed by atoms with Gasteiger partial charge in [0.15, 0.2) is 0 Å². The largest absolute Gasteiger partial charge is 0.399 e. The van der Waals surface area contributed by atoms with Crippen molar-refractivity contribution in [3.05, 3.63) is 23.8 Å². The van der Waals surface area contributed by atoms with Gasteiger partial charge in [0.2, 0.25) is 5.91 Å². The summed E-state index contributed by atoms with van der Waals surface area (Å²) in [5, 5.41) is 0. The lowest BCUT2D eigenvalue weighted by molar-refractivity contribution is -0.129. The van der Waals surface area contributed by atoms with Gasteiger partial charge in [0.05, 0.1) is 5.56 Å². The number of carbonyl (C=O) groups is 2. The quantitative estimate of drug-likeness (QED) is 0.736. The first-order valence-electron chi connectivity index (χ1n) is 6.19. The summed E-state index contributed by atoms with van der Waals surface area (Å²) in [5.74, 6) is -0.414. The van der Waals surface area contributed by atoms with Crippen molar-refractivity contribution >= 4 is 23.2 Å². The number of nitrogen functional groups attached to an aromatic ring is 1. The van der Waals surface area contributed by atoms with Crippen molar-refractivity contribution in [3.8, 4) is 0 Å². The van der Waals surface area contributed by atoms with Gasteiger partial charge in [0.25, 0.3) is 5.91 Å². The molecule has 6 heteroatoms. The molecule has 1 saturated heterocycles. The van der Waals surface area contributed by atoms with E-state index in [1.165, 1.54) is 0 Å². The molecule has 1 aromatic rings. The molecule has 0 bridgehead atoms. The number of nitrogens with zero attached hydrogens (tertiary/aromatic N) is 2. The van der Waals surface area contributed by atoms with E-state index in [1.807, 2.05) is 0 Å². The summed E-state index contributed by atoms with van der Waals surface area (Å²) in [4.78, 5) is 26.6. The molecule has 0 unspecified atom stereocenters. The Morgan fingerprint density at radius 2 is 1.79 bits per heavy atom. The van der Waals surface area contributed by atoms with Crippen LogP contribution in [-0.4, -0.2) is 42.9 Å². The average molecular weight is 262 g/mol. The molecular formula is C13H18N4O2. The highest BCUT2D eigenvalue weighted by molar-refractivity contribution is 5.99. The van der Waals surface area contributed by atoms with Crippen LogP contribution in [0.15, 0.2) is 18.2 Å². The summed E-state index contributed by atoms with van der Waals surface area (Å²) in [6.07, 6.45) is 0. The van der Waals surface area contributed by atoms with E-state index in [4.69, 9.17) is 11.5 Å². The average Bonchev–Trinajstić information content (AvgIpc) is 2.38. The number of hydrogen-bond donors (Lipinski definition) is 2. The van der Waals surface area contributed by atoms with Crippen LogP contribution in [0.4, 0.5) is 11.4 Å². The molecule has 2 amide bonds. The van der Waals surface area contributed by atoms with Crippen LogP contribution >= 0.6 is 0 Å². The van der Waals surface area contributed by atoms with E-state index in [2.05, 4.69) is 4.90 Å². The van der Waals surface area contributed by atoms with Gasteiger partial charge in [-0.25, -0.2) is 0 Å². The number of piperazine rings is 1. The summed E-state index contributed by atoms with van der Waals surface area (Å²) in [6.45, 7) is 4.23. The number of benzene rings is 1. The minimum absolute atomic E-state index is 0.0760. The Hall–Kier alpha value is -2.24. The van der Waals surface area contributed by atoms with E-state index in [1.54, 1.807) is 30.0 Å². The van der Waals surface area contributed by atoms with E-state index >= 15 is 0 Å². The fraction of sp³-hybridized carbons (Fsp3) is 0.385. The van der Waals surface area contributed by atoms with Crippen molar-refractivity contribution < 1.29 is 9.59 Å². The second-order valence-electron chi connectivity index (χ2n) is 4.63. The van der Waals surface area contributed by atoms with E-state index in [0.717, 1.165) is 5.69 Å². The van der Waals surface area contributed by atoms with E-state index in [-0.39, 0.29) is 5.91 Å². The fourth-order valence-corrected chi connectivity index (χ4v) is 2.29. The van der Waals surface area contributed by atoms with Gasteiger partial charge in [-0.15, -0.1) is 0 Å². The maximum absolute atomic E-state index is 11.5. The molecule has 1 heterocycles. The Morgan fingerprint density at radius 3 is 2.32 bits per heavy atom. The summed E-state index contributed by atoms with van der Waals surface area (Å²) < 4.78 is 0. The molecule has 0 saturated carbocycles. The third-order valence-corrected chi connectivity index (χ3v) is 3.35. The Morgan fingerprint density at radius 1 is 1.16 bits per heavy atom. The summed E-state index contributed by atoms with van der Waals surface area (Å²) in [6, 6.07) is 5.15. The van der Waals surface area contributed by atoms with Crippen molar-refractivity contribution in [2.75, 3.05) is 36.8 Å². The zero-order chi connectivity index (χ0) is 14.0. The van der Waals surface area contributed by atoms with Gasteiger partial charge in [-0.1, -0.05) is 0 Å². The zero-order valence-electron chi connectivity index (χ0n) is 10.9. The van der Waals surface area contributed by atoms with Crippen LogP contribution in [-0.2, 0) is 4.79 Å². The van der Waals surface area contributed by atoms with Crippen LogP contribution in [0.5, 0.6) is 0 Å². The molecule has 4 N–H and O–H groups in total. The van der Waals surface area contributed by atoms with Crippen LogP contribution in [0, 0.1) is 0 Å². The molecule has 6 nitrogen and oxygen atoms in total. The number of nitrogens with two attached hydrogens (primary N) is 2. The predicted molar refractivity (Wildman–Crippen MR) is 73.8 cm³/mol. The first kappa shape index (κ1) is 13.2. The standard InChI is InChI=1S/C13H18N4O2/c1-9(18)16-4-6-17(7-5-16)12-3-2-10(14)8-11(12)13(15)19/h2-3,8H,4-7,14H2,1H3,(H2,15,19). The van der Waals surface area contributed by atoms with Gasteiger partial charge in [-0.05, 0) is 18.2 Å². The lowest BCUT2D eigenvalue weighted by atomic mass is 10.1. The highest BCUT2D eigenvalue weighted by Crippen LogP contribution is 2.24. The van der Waals surface area contributed by atoms with Crippen molar-refractivity contribution in [3.63, 3.8) is 0 Å². The molecule has 1 aliphatic rings. The van der Waals surface area contributed by atoms with Crippen LogP contribution < -0.4 is 16.4 Å². The molecule has 1 aliphatic heterocycles. The Kier molecular flexibility index (Phi) is 3.59. The lowest BCUT2D eigenvalue weighted by Crippen LogP contribution is -2.48. The third kappa shape index (κ3) is 2.78. The second kappa shape index (κ2) is 5.17. The van der Waals surface area contributed by atoms with Gasteiger partial charge in [0, 0.05) is 44.5 Å². The molecule has 0 radical (unpaired) electrons. The normalized spacial score (nSPS) is 15.4. The molecule has 0 aliphatic carbocycles. The Balaban J connectivity index is 2.20. The minimum atomic E-state index is -0.490. The highest BCUT2D eigenvalue weighted by Gasteiger charge is 2.21. The Labute approximate surface area is 112 Å². The van der Waals surface area contributed by atoms with Crippen molar-refractivity contribution in [1.29, 1.82) is 0 Å². The number of amides is 2. The van der Waals surface area contributed by atoms with Crippen molar-refractivity contribution in [2.24, 2.45) is 5.73 Å². The number of rotatable bonds is 2. The number of primary amides is 1. The van der Waals surface area contributed by atoms with Crippen molar-refractivity contribution in [2.45, 2.75) is 6.92 Å². The molecule has 0 aromatic heterocycles. The minimum Gasteiger partial charge on any atom is -0.399 e. The van der Waals surface area contributed by atoms with Gasteiger partial charge < -0.3 is 21.3 Å². The smallest absolute Gasteiger partial charge is 0.250 e. The summed E-state index contributed by atoms with van der Waals surface area (Å²) in [5.41, 5.74) is 12.8. The lowest BCUT2D eigenvalue weighted by Gasteiger charge is -2.36. The zero-order valence-corrected chi connectivity index (χ0v) is 10.9. The Bertz CT molecular complexity index is 507. The van der Waals surface area contributed by atoms with E-state index in [0.29, 0.717) is 37.4 Å². The van der Waals surface area contributed by atoms with Gasteiger partial charge >= 0.3 is 0 Å². The molecule has 0 spiro atoms. The monoisotopic (exact) mass is 262 g/mol. The molecule has 2 rings (SSSR count). The molecule has 19 heavy (non-hydrogen) atoms. The number of carbonyl (C=O) groups excluding carboxylic acids is 2. The maximum atomic E-state index is 11.5. The predicted octanol–water partition coefficient (Wildman–Crippen LogP) is 0.0362. The molecule has 1 fully saturated rings. The number of anilines is 2. The van der Waals surface area contributed by atoms with E-state index < -0.39 is 5.91 Å². The maximum Gasteiger partial charge on any atom is 0.250 e. The SMILES string of the molecule is CC(=O)N1CCN(c2ccc(N)cc2C(N)=O)CC1. The van der Waals surface area contributed by atoms with Crippen LogP contribution in [0.1, 0.15) is 17.3 Å². The highest BCUT2D eigenvalue weighted by atomic mass is 16.2. The topological polar surface area (TPSA) is 92.7 Å². The second-order valence-corrected chi connectivity index (χ2v) is 4.63. The molecule has 1 aromatic carbocycles. The molecule has 102 valence electrons. The number of hydrogen-bond acceptors (Lipinski definition) is 4.